The van der Waals surface area contributed by atoms with E-state index >= 15 is 0 Å². The number of benzene rings is 1. The molecular weight excluding hydrogens is 176 g/mol. The summed E-state index contributed by atoms with van der Waals surface area (Å²) in [7, 11) is 1.73. The molecule has 76 valence electrons. The van der Waals surface area contributed by atoms with Gasteiger partial charge in [0.1, 0.15) is 5.75 Å². The normalized spacial score (nSPS) is 17.3. The summed E-state index contributed by atoms with van der Waals surface area (Å²) in [6.07, 6.45) is 0. The molecule has 0 atom stereocenters. The lowest BCUT2D eigenvalue weighted by atomic mass is 9.97. The lowest BCUT2D eigenvalue weighted by Crippen LogP contribution is -2.21. The van der Waals surface area contributed by atoms with Gasteiger partial charge in [-0.3, -0.25) is 10.9 Å². The zero-order valence-electron chi connectivity index (χ0n) is 8.63. The Kier molecular flexibility index (Phi) is 2.70. The molecule has 1 fully saturated rings. The first-order valence-corrected chi connectivity index (χ1v) is 4.91. The highest BCUT2D eigenvalue weighted by Gasteiger charge is 2.19. The lowest BCUT2D eigenvalue weighted by molar-refractivity contribution is 0.407. The van der Waals surface area contributed by atoms with E-state index in [1.54, 1.807) is 7.11 Å². The number of rotatable bonds is 2. The average Bonchev–Trinajstić information content (AvgIpc) is 2.70. The summed E-state index contributed by atoms with van der Waals surface area (Å²) in [6, 6.07) is 6.33. The van der Waals surface area contributed by atoms with Crippen LogP contribution >= 0.6 is 0 Å². The third kappa shape index (κ3) is 1.74. The highest BCUT2D eigenvalue weighted by Crippen LogP contribution is 2.28. The number of hydrogen-bond donors (Lipinski definition) is 2. The van der Waals surface area contributed by atoms with E-state index < -0.39 is 0 Å². The van der Waals surface area contributed by atoms with Gasteiger partial charge in [-0.1, -0.05) is 17.7 Å². The van der Waals surface area contributed by atoms with Gasteiger partial charge in [-0.05, 0) is 13.0 Å². The van der Waals surface area contributed by atoms with Gasteiger partial charge in [-0.25, -0.2) is 0 Å². The second-order valence-electron chi connectivity index (χ2n) is 3.70. The summed E-state index contributed by atoms with van der Waals surface area (Å²) >= 11 is 0. The summed E-state index contributed by atoms with van der Waals surface area (Å²) in [5.74, 6) is 1.51. The van der Waals surface area contributed by atoms with Gasteiger partial charge in [0.25, 0.3) is 0 Å². The number of hydrogen-bond acceptors (Lipinski definition) is 3. The van der Waals surface area contributed by atoms with E-state index in [2.05, 4.69) is 29.9 Å². The predicted molar refractivity (Wildman–Crippen MR) is 56.5 cm³/mol. The molecule has 2 rings (SSSR count). The molecule has 1 aromatic carbocycles. The molecule has 0 bridgehead atoms. The quantitative estimate of drug-likeness (QED) is 0.738. The smallest absolute Gasteiger partial charge is 0.122 e. The molecular formula is C11H16N2O. The summed E-state index contributed by atoms with van der Waals surface area (Å²) in [4.78, 5) is 0. The van der Waals surface area contributed by atoms with Crippen LogP contribution in [-0.2, 0) is 0 Å². The van der Waals surface area contributed by atoms with Crippen LogP contribution in [0.15, 0.2) is 18.2 Å². The fourth-order valence-electron chi connectivity index (χ4n) is 1.86. The third-order valence-electron chi connectivity index (χ3n) is 2.65. The number of nitrogens with one attached hydrogen (secondary N) is 2. The zero-order valence-corrected chi connectivity index (χ0v) is 8.63. The molecule has 0 radical (unpaired) electrons. The van der Waals surface area contributed by atoms with Gasteiger partial charge in [0.2, 0.25) is 0 Å². The van der Waals surface area contributed by atoms with Crippen molar-refractivity contribution in [3.05, 3.63) is 29.3 Å². The molecule has 0 saturated carbocycles. The molecule has 0 aromatic heterocycles. The van der Waals surface area contributed by atoms with Crippen molar-refractivity contribution in [2.24, 2.45) is 0 Å². The van der Waals surface area contributed by atoms with E-state index in [0.29, 0.717) is 5.92 Å². The fraction of sp³-hybridized carbons (Fsp3) is 0.455. The Morgan fingerprint density at radius 1 is 1.29 bits per heavy atom. The third-order valence-corrected chi connectivity index (χ3v) is 2.65. The lowest BCUT2D eigenvalue weighted by Gasteiger charge is -2.13. The van der Waals surface area contributed by atoms with E-state index in [9.17, 15) is 0 Å². The molecule has 0 unspecified atom stereocenters. The van der Waals surface area contributed by atoms with E-state index in [0.717, 1.165) is 18.8 Å². The van der Waals surface area contributed by atoms with Crippen molar-refractivity contribution in [1.82, 2.24) is 10.9 Å². The first-order valence-electron chi connectivity index (χ1n) is 4.91. The van der Waals surface area contributed by atoms with Crippen molar-refractivity contribution >= 4 is 0 Å². The van der Waals surface area contributed by atoms with Gasteiger partial charge in [-0.15, -0.1) is 0 Å². The van der Waals surface area contributed by atoms with Crippen LogP contribution in [0.1, 0.15) is 17.0 Å². The van der Waals surface area contributed by atoms with Crippen LogP contribution in [0.2, 0.25) is 0 Å². The van der Waals surface area contributed by atoms with Crippen LogP contribution in [0.5, 0.6) is 5.75 Å². The van der Waals surface area contributed by atoms with Crippen molar-refractivity contribution in [2.75, 3.05) is 20.2 Å². The van der Waals surface area contributed by atoms with Crippen molar-refractivity contribution in [2.45, 2.75) is 12.8 Å². The van der Waals surface area contributed by atoms with Crippen LogP contribution < -0.4 is 15.6 Å². The first kappa shape index (κ1) is 9.49. The Morgan fingerprint density at radius 2 is 2.00 bits per heavy atom. The second kappa shape index (κ2) is 3.98. The summed E-state index contributed by atoms with van der Waals surface area (Å²) in [5.41, 5.74) is 8.85. The minimum atomic E-state index is 0.518. The van der Waals surface area contributed by atoms with Crippen LogP contribution in [0.3, 0.4) is 0 Å². The highest BCUT2D eigenvalue weighted by atomic mass is 16.5. The summed E-state index contributed by atoms with van der Waals surface area (Å²) in [5, 5.41) is 0. The Bertz CT molecular complexity index is 319. The number of ether oxygens (including phenoxy) is 1. The Balaban J connectivity index is 2.33. The Hall–Kier alpha value is -1.06. The molecule has 0 spiro atoms. The molecule has 14 heavy (non-hydrogen) atoms. The van der Waals surface area contributed by atoms with Crippen molar-refractivity contribution in [1.29, 1.82) is 0 Å². The van der Waals surface area contributed by atoms with Gasteiger partial charge in [0.05, 0.1) is 7.11 Å². The largest absolute Gasteiger partial charge is 0.496 e. The Morgan fingerprint density at radius 3 is 2.64 bits per heavy atom. The molecule has 1 saturated heterocycles. The standard InChI is InChI=1S/C11H16N2O/c1-8-3-4-11(14-2)10(5-8)9-6-12-13-7-9/h3-5,9,12-13H,6-7H2,1-2H3. The maximum Gasteiger partial charge on any atom is 0.122 e. The van der Waals surface area contributed by atoms with E-state index in [4.69, 9.17) is 4.74 Å². The minimum Gasteiger partial charge on any atom is -0.496 e. The minimum absolute atomic E-state index is 0.518. The number of hydrazine groups is 1. The van der Waals surface area contributed by atoms with E-state index in [-0.39, 0.29) is 0 Å². The molecule has 2 N–H and O–H groups in total. The SMILES string of the molecule is COc1ccc(C)cc1C1CNNC1. The molecule has 1 aliphatic heterocycles. The van der Waals surface area contributed by atoms with Crippen LogP contribution in [-0.4, -0.2) is 20.2 Å². The molecule has 1 aliphatic rings. The van der Waals surface area contributed by atoms with Crippen LogP contribution in [0, 0.1) is 6.92 Å². The van der Waals surface area contributed by atoms with Gasteiger partial charge in [-0.2, -0.15) is 0 Å². The van der Waals surface area contributed by atoms with Gasteiger partial charge < -0.3 is 4.74 Å². The molecule has 0 amide bonds. The Labute approximate surface area is 84.4 Å². The van der Waals surface area contributed by atoms with Crippen LogP contribution in [0.4, 0.5) is 0 Å². The van der Waals surface area contributed by atoms with Gasteiger partial charge >= 0.3 is 0 Å². The fourth-order valence-corrected chi connectivity index (χ4v) is 1.86. The van der Waals surface area contributed by atoms with Crippen molar-refractivity contribution in [3.63, 3.8) is 0 Å². The number of methoxy groups -OCH3 is 1. The monoisotopic (exact) mass is 192 g/mol. The second-order valence-corrected chi connectivity index (χ2v) is 3.70. The molecule has 3 heteroatoms. The topological polar surface area (TPSA) is 33.3 Å². The van der Waals surface area contributed by atoms with Crippen molar-refractivity contribution in [3.8, 4) is 5.75 Å². The van der Waals surface area contributed by atoms with E-state index in [1.807, 2.05) is 6.07 Å². The van der Waals surface area contributed by atoms with Crippen LogP contribution in [0.25, 0.3) is 0 Å². The maximum absolute atomic E-state index is 5.36. The van der Waals surface area contributed by atoms with Crippen molar-refractivity contribution < 1.29 is 4.74 Å². The predicted octanol–water partition coefficient (Wildman–Crippen LogP) is 1.20. The molecule has 1 aromatic rings. The van der Waals surface area contributed by atoms with E-state index in [1.165, 1.54) is 11.1 Å². The molecule has 1 heterocycles. The first-order chi connectivity index (χ1) is 6.81. The number of aryl methyl sites for hydroxylation is 1. The molecule has 3 nitrogen and oxygen atoms in total. The maximum atomic E-state index is 5.36. The van der Waals surface area contributed by atoms with Gasteiger partial charge in [0, 0.05) is 24.6 Å². The highest BCUT2D eigenvalue weighted by molar-refractivity contribution is 5.40. The molecule has 0 aliphatic carbocycles. The summed E-state index contributed by atoms with van der Waals surface area (Å²) < 4.78 is 5.36. The zero-order chi connectivity index (χ0) is 9.97. The average molecular weight is 192 g/mol. The summed E-state index contributed by atoms with van der Waals surface area (Å²) in [6.45, 7) is 4.05. The van der Waals surface area contributed by atoms with Gasteiger partial charge in [0.15, 0.2) is 0 Å².